The largest absolute Gasteiger partial charge is 0.473 e. The van der Waals surface area contributed by atoms with Crippen molar-refractivity contribution in [3.63, 3.8) is 0 Å². The van der Waals surface area contributed by atoms with Crippen molar-refractivity contribution < 1.29 is 19.0 Å². The van der Waals surface area contributed by atoms with E-state index in [4.69, 9.17) is 16.3 Å². The van der Waals surface area contributed by atoms with Crippen molar-refractivity contribution >= 4 is 28.3 Å². The molecule has 0 radical (unpaired) electrons. The molecule has 4 rings (SSSR count). The molecule has 1 saturated heterocycles. The maximum absolute atomic E-state index is 13.8. The molecule has 3 N–H and O–H groups in total. The molecule has 2 aromatic carbocycles. The Balaban J connectivity index is 1.38. The number of aromatic amines is 1. The molecule has 0 aliphatic carbocycles. The second-order valence-electron chi connectivity index (χ2n) is 8.06. The molecule has 0 saturated carbocycles. The number of nitrogens with zero attached hydrogens (tertiary/aromatic N) is 1. The number of ether oxygens (including phenoxy) is 1. The quantitative estimate of drug-likeness (QED) is 0.489. The van der Waals surface area contributed by atoms with E-state index >= 15 is 0 Å². The van der Waals surface area contributed by atoms with Crippen molar-refractivity contribution in [3.05, 3.63) is 75.4 Å². The summed E-state index contributed by atoms with van der Waals surface area (Å²) in [5.74, 6) is -0.671. The van der Waals surface area contributed by atoms with Crippen LogP contribution in [0.5, 0.6) is 5.75 Å². The fourth-order valence-electron chi connectivity index (χ4n) is 4.06. The van der Waals surface area contributed by atoms with Gasteiger partial charge in [0.15, 0.2) is 6.23 Å². The molecule has 0 spiro atoms. The lowest BCUT2D eigenvalue weighted by Gasteiger charge is -2.36. The van der Waals surface area contributed by atoms with Crippen LogP contribution in [0.15, 0.2) is 53.5 Å². The van der Waals surface area contributed by atoms with E-state index in [0.29, 0.717) is 22.9 Å². The molecule has 2 heterocycles. The number of benzene rings is 2. The number of aromatic nitrogens is 1. The van der Waals surface area contributed by atoms with E-state index in [1.54, 1.807) is 30.3 Å². The molecule has 3 aromatic rings. The molecule has 33 heavy (non-hydrogen) atoms. The number of halogens is 2. The Morgan fingerprint density at radius 3 is 2.85 bits per heavy atom. The average molecular weight is 474 g/mol. The molecular weight excluding hydrogens is 449 g/mol. The summed E-state index contributed by atoms with van der Waals surface area (Å²) < 4.78 is 19.7. The van der Waals surface area contributed by atoms with Gasteiger partial charge in [-0.05, 0) is 37.5 Å². The summed E-state index contributed by atoms with van der Waals surface area (Å²) in [4.78, 5) is 29.2. The van der Waals surface area contributed by atoms with E-state index in [9.17, 15) is 19.1 Å². The Morgan fingerprint density at radius 2 is 2.03 bits per heavy atom. The Kier molecular flexibility index (Phi) is 7.27. The first-order chi connectivity index (χ1) is 15.9. The highest BCUT2D eigenvalue weighted by molar-refractivity contribution is 6.32. The molecule has 1 unspecified atom stereocenters. The molecule has 7 nitrogen and oxygen atoms in total. The maximum atomic E-state index is 13.8. The number of H-pyrrole nitrogens is 1. The van der Waals surface area contributed by atoms with Gasteiger partial charge in [0, 0.05) is 36.6 Å². The zero-order valence-corrected chi connectivity index (χ0v) is 18.6. The molecule has 1 aliphatic rings. The number of aliphatic hydroxyl groups is 1. The van der Waals surface area contributed by atoms with Gasteiger partial charge in [0.2, 0.25) is 0 Å². The normalized spacial score (nSPS) is 17.6. The number of hydrogen-bond donors (Lipinski definition) is 3. The third-order valence-corrected chi connectivity index (χ3v) is 6.10. The number of likely N-dealkylation sites (tertiary alicyclic amines) is 1. The van der Waals surface area contributed by atoms with Gasteiger partial charge in [-0.25, -0.2) is 4.39 Å². The number of carbonyl (C=O) groups excluding carboxylic acids is 1. The Bertz CT molecular complexity index is 1200. The highest BCUT2D eigenvalue weighted by atomic mass is 35.5. The second-order valence-corrected chi connectivity index (χ2v) is 8.43. The molecular formula is C24H25ClFN3O4. The van der Waals surface area contributed by atoms with Gasteiger partial charge in [-0.15, -0.1) is 0 Å². The van der Waals surface area contributed by atoms with E-state index in [1.165, 1.54) is 18.3 Å². The number of rotatable bonds is 7. The molecule has 1 aliphatic heterocycles. The SMILES string of the molecule is O=C(NC[C@@H](O)CN1CCCCC1Oc1cccc(F)c1Cl)c1c[nH]c(=O)c2ccccc12. The van der Waals surface area contributed by atoms with Gasteiger partial charge in [-0.1, -0.05) is 35.9 Å². The highest BCUT2D eigenvalue weighted by Gasteiger charge is 2.27. The first-order valence-electron chi connectivity index (χ1n) is 10.9. The lowest BCUT2D eigenvalue weighted by atomic mass is 10.1. The van der Waals surface area contributed by atoms with Crippen LogP contribution >= 0.6 is 11.6 Å². The number of fused-ring (bicyclic) bond motifs is 1. The highest BCUT2D eigenvalue weighted by Crippen LogP contribution is 2.30. The standard InChI is InChI=1S/C24H25ClFN3O4/c25-22-19(26)8-5-9-20(22)33-21-10-3-4-11-29(21)14-15(30)12-27-24(32)18-13-28-23(31)17-7-2-1-6-16(17)18/h1-2,5-9,13,15,21,30H,3-4,10-12,14H2,(H,27,32)(H,28,31)/t15-,21?/m1/s1. The van der Waals surface area contributed by atoms with Crippen molar-refractivity contribution in [1.82, 2.24) is 15.2 Å². The molecule has 1 aromatic heterocycles. The molecule has 1 fully saturated rings. The number of aliphatic hydroxyl groups excluding tert-OH is 1. The van der Waals surface area contributed by atoms with E-state index < -0.39 is 11.9 Å². The van der Waals surface area contributed by atoms with Crippen molar-refractivity contribution in [2.24, 2.45) is 0 Å². The number of hydrogen-bond acceptors (Lipinski definition) is 5. The van der Waals surface area contributed by atoms with Crippen LogP contribution in [-0.4, -0.2) is 52.9 Å². The molecule has 1 amide bonds. The Hall–Kier alpha value is -2.94. The van der Waals surface area contributed by atoms with Crippen LogP contribution < -0.4 is 15.6 Å². The zero-order valence-electron chi connectivity index (χ0n) is 17.9. The number of β-amino-alcohol motifs (C(OH)–C–C–N with tert-alkyl or cyclic N) is 1. The van der Waals surface area contributed by atoms with Crippen LogP contribution in [0.4, 0.5) is 4.39 Å². The summed E-state index contributed by atoms with van der Waals surface area (Å²) in [7, 11) is 0. The minimum Gasteiger partial charge on any atom is -0.473 e. The number of carbonyl (C=O) groups is 1. The van der Waals surface area contributed by atoms with E-state index in [0.717, 1.165) is 19.3 Å². The van der Waals surface area contributed by atoms with Crippen LogP contribution in [0, 0.1) is 5.82 Å². The first-order valence-corrected chi connectivity index (χ1v) is 11.2. The van der Waals surface area contributed by atoms with Crippen LogP contribution in [0.1, 0.15) is 29.6 Å². The Labute approximate surface area is 195 Å². The third kappa shape index (κ3) is 5.35. The summed E-state index contributed by atoms with van der Waals surface area (Å²) in [5.41, 5.74) is 0.0639. The molecule has 0 bridgehead atoms. The smallest absolute Gasteiger partial charge is 0.255 e. The summed E-state index contributed by atoms with van der Waals surface area (Å²) in [6.45, 7) is 0.994. The minimum absolute atomic E-state index is 0.0240. The predicted octanol–water partition coefficient (Wildman–Crippen LogP) is 3.30. The van der Waals surface area contributed by atoms with Gasteiger partial charge in [-0.2, -0.15) is 0 Å². The van der Waals surface area contributed by atoms with E-state index in [-0.39, 0.29) is 41.6 Å². The Morgan fingerprint density at radius 1 is 1.24 bits per heavy atom. The lowest BCUT2D eigenvalue weighted by molar-refractivity contribution is -0.0283. The zero-order chi connectivity index (χ0) is 23.4. The monoisotopic (exact) mass is 473 g/mol. The summed E-state index contributed by atoms with van der Waals surface area (Å²) in [6, 6.07) is 11.3. The topological polar surface area (TPSA) is 94.7 Å². The maximum Gasteiger partial charge on any atom is 0.255 e. The lowest BCUT2D eigenvalue weighted by Crippen LogP contribution is -2.49. The fraction of sp³-hybridized carbons (Fsp3) is 0.333. The van der Waals surface area contributed by atoms with Gasteiger partial charge in [0.05, 0.1) is 11.7 Å². The molecule has 174 valence electrons. The summed E-state index contributed by atoms with van der Waals surface area (Å²) >= 11 is 6.02. The van der Waals surface area contributed by atoms with Gasteiger partial charge in [-0.3, -0.25) is 14.5 Å². The number of amides is 1. The van der Waals surface area contributed by atoms with Crippen molar-refractivity contribution in [3.8, 4) is 5.75 Å². The number of nitrogens with one attached hydrogen (secondary N) is 2. The predicted molar refractivity (Wildman–Crippen MR) is 124 cm³/mol. The van der Waals surface area contributed by atoms with Crippen molar-refractivity contribution in [2.45, 2.75) is 31.6 Å². The number of piperidine rings is 1. The van der Waals surface area contributed by atoms with Gasteiger partial charge in [0.1, 0.15) is 16.6 Å². The minimum atomic E-state index is -0.852. The average Bonchev–Trinajstić information content (AvgIpc) is 2.82. The second kappa shape index (κ2) is 10.3. The fourth-order valence-corrected chi connectivity index (χ4v) is 4.23. The van der Waals surface area contributed by atoms with E-state index in [1.807, 2.05) is 4.90 Å². The summed E-state index contributed by atoms with van der Waals surface area (Å²) in [5, 5.41) is 14.2. The first kappa shape index (κ1) is 23.2. The van der Waals surface area contributed by atoms with Gasteiger partial charge in [0.25, 0.3) is 11.5 Å². The molecule has 9 heteroatoms. The van der Waals surface area contributed by atoms with Crippen LogP contribution in [0.2, 0.25) is 5.02 Å². The van der Waals surface area contributed by atoms with Crippen LogP contribution in [-0.2, 0) is 0 Å². The van der Waals surface area contributed by atoms with Crippen LogP contribution in [0.25, 0.3) is 10.8 Å². The van der Waals surface area contributed by atoms with E-state index in [2.05, 4.69) is 10.3 Å². The summed E-state index contributed by atoms with van der Waals surface area (Å²) in [6.07, 6.45) is 2.78. The van der Waals surface area contributed by atoms with Crippen molar-refractivity contribution in [1.29, 1.82) is 0 Å². The van der Waals surface area contributed by atoms with Gasteiger partial charge < -0.3 is 20.1 Å². The molecule has 2 atom stereocenters. The van der Waals surface area contributed by atoms with Crippen molar-refractivity contribution in [2.75, 3.05) is 19.6 Å². The van der Waals surface area contributed by atoms with Gasteiger partial charge >= 0.3 is 0 Å². The van der Waals surface area contributed by atoms with Crippen LogP contribution in [0.3, 0.4) is 0 Å². The third-order valence-electron chi connectivity index (χ3n) is 5.73. The number of pyridine rings is 1.